The summed E-state index contributed by atoms with van der Waals surface area (Å²) in [6, 6.07) is 6.18. The van der Waals surface area contributed by atoms with Crippen LogP contribution in [0.2, 0.25) is 10.0 Å². The highest BCUT2D eigenvalue weighted by Crippen LogP contribution is 2.40. The molecule has 2 fully saturated rings. The first kappa shape index (κ1) is 36.0. The summed E-state index contributed by atoms with van der Waals surface area (Å²) in [4.78, 5) is 32.5. The zero-order chi connectivity index (χ0) is 35.2. The van der Waals surface area contributed by atoms with Crippen molar-refractivity contribution in [1.29, 1.82) is 0 Å². The Balaban J connectivity index is 1.47. The van der Waals surface area contributed by atoms with E-state index in [0.29, 0.717) is 38.9 Å². The summed E-state index contributed by atoms with van der Waals surface area (Å²) in [5.41, 5.74) is 1.99. The number of aromatic nitrogens is 2. The lowest BCUT2D eigenvalue weighted by Gasteiger charge is -2.35. The van der Waals surface area contributed by atoms with Gasteiger partial charge in [-0.05, 0) is 49.4 Å². The van der Waals surface area contributed by atoms with Crippen molar-refractivity contribution in [2.45, 2.75) is 84.0 Å². The third kappa shape index (κ3) is 7.93. The molecule has 2 amide bonds. The van der Waals surface area contributed by atoms with Crippen molar-refractivity contribution in [1.82, 2.24) is 20.2 Å². The molecule has 0 unspecified atom stereocenters. The SMILES string of the molecule is Cn1c(Nc2c(Cl)ccc(CNC(=O)C(C)(C)C)c2Cl)nc2cc(C(=O)NC3CCC(F)(F)CC3)c(N3CCC(C(F)(F)F)CC3)cc21. The van der Waals surface area contributed by atoms with Crippen molar-refractivity contribution in [3.63, 3.8) is 0 Å². The summed E-state index contributed by atoms with van der Waals surface area (Å²) < 4.78 is 69.6. The van der Waals surface area contributed by atoms with Crippen LogP contribution >= 0.6 is 23.2 Å². The molecule has 1 saturated carbocycles. The van der Waals surface area contributed by atoms with Crippen LogP contribution in [0.15, 0.2) is 24.3 Å². The number of hydrogen-bond acceptors (Lipinski definition) is 5. The highest BCUT2D eigenvalue weighted by atomic mass is 35.5. The zero-order valence-corrected chi connectivity index (χ0v) is 28.6. The van der Waals surface area contributed by atoms with Crippen molar-refractivity contribution in [3.05, 3.63) is 45.4 Å². The predicted molar refractivity (Wildman–Crippen MR) is 177 cm³/mol. The van der Waals surface area contributed by atoms with Gasteiger partial charge < -0.3 is 25.4 Å². The Bertz CT molecular complexity index is 1690. The number of nitrogens with zero attached hydrogens (tertiary/aromatic N) is 3. The Labute approximate surface area is 285 Å². The Morgan fingerprint density at radius 1 is 1.02 bits per heavy atom. The fourth-order valence-corrected chi connectivity index (χ4v) is 6.61. The van der Waals surface area contributed by atoms with Crippen LogP contribution < -0.4 is 20.9 Å². The van der Waals surface area contributed by atoms with Crippen molar-refractivity contribution in [3.8, 4) is 0 Å². The largest absolute Gasteiger partial charge is 0.391 e. The third-order valence-corrected chi connectivity index (χ3v) is 9.87. The van der Waals surface area contributed by atoms with Crippen molar-refractivity contribution < 1.29 is 31.5 Å². The fourth-order valence-electron chi connectivity index (χ4n) is 6.08. The normalized spacial score (nSPS) is 17.9. The lowest BCUT2D eigenvalue weighted by atomic mass is 9.92. The van der Waals surface area contributed by atoms with Crippen LogP contribution in [0.1, 0.15) is 75.2 Å². The van der Waals surface area contributed by atoms with Gasteiger partial charge in [-0.3, -0.25) is 9.59 Å². The highest BCUT2D eigenvalue weighted by molar-refractivity contribution is 6.39. The van der Waals surface area contributed by atoms with E-state index in [0.717, 1.165) is 0 Å². The lowest BCUT2D eigenvalue weighted by molar-refractivity contribution is -0.179. The number of hydrogen-bond donors (Lipinski definition) is 3. The number of carbonyl (C=O) groups excluding carboxylic acids is 2. The van der Waals surface area contributed by atoms with E-state index in [1.165, 1.54) is 0 Å². The minimum Gasteiger partial charge on any atom is -0.371 e. The molecule has 262 valence electrons. The number of aryl methyl sites for hydroxylation is 1. The maximum absolute atomic E-state index is 13.8. The summed E-state index contributed by atoms with van der Waals surface area (Å²) in [7, 11) is 1.73. The molecule has 1 aliphatic heterocycles. The number of nitrogens with one attached hydrogen (secondary N) is 3. The van der Waals surface area contributed by atoms with Crippen LogP contribution in [-0.4, -0.2) is 52.6 Å². The van der Waals surface area contributed by atoms with Gasteiger partial charge in [-0.1, -0.05) is 50.0 Å². The first-order valence-corrected chi connectivity index (χ1v) is 16.6. The number of anilines is 3. The molecule has 1 aliphatic carbocycles. The van der Waals surface area contributed by atoms with E-state index in [1.807, 2.05) is 0 Å². The van der Waals surface area contributed by atoms with Gasteiger partial charge in [-0.15, -0.1) is 0 Å². The lowest BCUT2D eigenvalue weighted by Crippen LogP contribution is -2.42. The monoisotopic (exact) mass is 716 g/mol. The highest BCUT2D eigenvalue weighted by Gasteiger charge is 2.42. The van der Waals surface area contributed by atoms with E-state index in [2.05, 4.69) is 20.9 Å². The van der Waals surface area contributed by atoms with Crippen LogP contribution in [0.4, 0.5) is 39.3 Å². The minimum atomic E-state index is -4.31. The van der Waals surface area contributed by atoms with E-state index in [1.54, 1.807) is 61.6 Å². The molecule has 1 aromatic heterocycles. The average Bonchev–Trinajstić information content (AvgIpc) is 3.32. The number of fused-ring (bicyclic) bond motifs is 1. The molecule has 15 heteroatoms. The Morgan fingerprint density at radius 3 is 2.27 bits per heavy atom. The summed E-state index contributed by atoms with van der Waals surface area (Å²) >= 11 is 13.3. The number of piperidine rings is 1. The Morgan fingerprint density at radius 2 is 1.67 bits per heavy atom. The summed E-state index contributed by atoms with van der Waals surface area (Å²) in [6.45, 7) is 5.72. The molecule has 3 aromatic rings. The van der Waals surface area contributed by atoms with Gasteiger partial charge in [0.1, 0.15) is 0 Å². The molecule has 0 atom stereocenters. The number of rotatable bonds is 7. The first-order chi connectivity index (χ1) is 22.3. The van der Waals surface area contributed by atoms with Crippen molar-refractivity contribution >= 4 is 63.4 Å². The van der Waals surface area contributed by atoms with Gasteiger partial charge in [-0.2, -0.15) is 13.2 Å². The van der Waals surface area contributed by atoms with Crippen LogP contribution in [0.3, 0.4) is 0 Å². The maximum Gasteiger partial charge on any atom is 0.391 e. The average molecular weight is 718 g/mol. The molecular weight excluding hydrogens is 678 g/mol. The number of benzene rings is 2. The molecule has 8 nitrogen and oxygen atoms in total. The molecule has 0 bridgehead atoms. The van der Waals surface area contributed by atoms with Crippen molar-refractivity contribution in [2.24, 2.45) is 18.4 Å². The minimum absolute atomic E-state index is 0.0817. The molecule has 2 aliphatic rings. The van der Waals surface area contributed by atoms with Crippen LogP contribution in [0.5, 0.6) is 0 Å². The van der Waals surface area contributed by atoms with Gasteiger partial charge >= 0.3 is 6.18 Å². The number of amides is 2. The molecule has 5 rings (SSSR count). The van der Waals surface area contributed by atoms with Crippen LogP contribution in [0, 0.1) is 11.3 Å². The first-order valence-electron chi connectivity index (χ1n) is 15.9. The van der Waals surface area contributed by atoms with E-state index in [-0.39, 0.29) is 74.7 Å². The molecule has 2 aromatic carbocycles. The number of imidazole rings is 1. The maximum atomic E-state index is 13.8. The van der Waals surface area contributed by atoms with Gasteiger partial charge in [0.25, 0.3) is 5.91 Å². The van der Waals surface area contributed by atoms with E-state index in [9.17, 15) is 31.5 Å². The molecule has 0 spiro atoms. The summed E-state index contributed by atoms with van der Waals surface area (Å²) in [6.07, 6.45) is -4.99. The zero-order valence-electron chi connectivity index (χ0n) is 27.1. The second-order valence-corrected chi connectivity index (χ2v) is 14.5. The standard InChI is InChI=1S/C33H39Cl2F5N6O2/c1-31(2,3)29(48)41-17-18-5-6-22(34)27(26(18)35)44-30-43-23-15-21(28(47)42-20-7-11-32(36,37)12-8-20)24(16-25(23)45(30)4)46-13-9-19(10-14-46)33(38,39)40/h5-6,15-16,19-20H,7-14,17H2,1-4H3,(H,41,48)(H,42,47)(H,43,44). The molecule has 48 heavy (non-hydrogen) atoms. The molecule has 0 radical (unpaired) electrons. The topological polar surface area (TPSA) is 91.3 Å². The quantitative estimate of drug-likeness (QED) is 0.214. The Hall–Kier alpha value is -3.32. The number of alkyl halides is 5. The summed E-state index contributed by atoms with van der Waals surface area (Å²) in [5.74, 6) is -4.54. The second-order valence-electron chi connectivity index (χ2n) is 13.7. The van der Waals surface area contributed by atoms with Gasteiger partial charge in [0.2, 0.25) is 17.8 Å². The van der Waals surface area contributed by atoms with E-state index < -0.39 is 35.4 Å². The van der Waals surface area contributed by atoms with Crippen molar-refractivity contribution in [2.75, 3.05) is 23.3 Å². The van der Waals surface area contributed by atoms with Gasteiger partial charge in [-0.25, -0.2) is 13.8 Å². The second kappa shape index (κ2) is 13.5. The van der Waals surface area contributed by atoms with Gasteiger partial charge in [0, 0.05) is 51.0 Å². The molecule has 3 N–H and O–H groups in total. The molecular formula is C33H39Cl2F5N6O2. The molecule has 2 heterocycles. The molecule has 1 saturated heterocycles. The predicted octanol–water partition coefficient (Wildman–Crippen LogP) is 8.37. The summed E-state index contributed by atoms with van der Waals surface area (Å²) in [5, 5.41) is 9.47. The fraction of sp³-hybridized carbons (Fsp3) is 0.545. The van der Waals surface area contributed by atoms with Gasteiger partial charge in [0.05, 0.1) is 43.9 Å². The van der Waals surface area contributed by atoms with Crippen LogP contribution in [0.25, 0.3) is 11.0 Å². The van der Waals surface area contributed by atoms with E-state index in [4.69, 9.17) is 23.2 Å². The smallest absolute Gasteiger partial charge is 0.371 e. The Kier molecular flexibility index (Phi) is 10.1. The van der Waals surface area contributed by atoms with Gasteiger partial charge in [0.15, 0.2) is 0 Å². The third-order valence-electron chi connectivity index (χ3n) is 9.12. The number of halogens is 7. The van der Waals surface area contributed by atoms with E-state index >= 15 is 0 Å². The van der Waals surface area contributed by atoms with Crippen LogP contribution in [-0.2, 0) is 18.4 Å². The number of carbonyl (C=O) groups is 2.